The predicted octanol–water partition coefficient (Wildman–Crippen LogP) is 8.67. The van der Waals surface area contributed by atoms with Crippen molar-refractivity contribution in [2.75, 3.05) is 50.4 Å². The first-order chi connectivity index (χ1) is 24.0. The van der Waals surface area contributed by atoms with Gasteiger partial charge in [0, 0.05) is 30.8 Å². The molecular formula is C42H67N4O4+. The fraction of sp³-hybridized carbons (Fsp3) is 0.643. The van der Waals surface area contributed by atoms with Gasteiger partial charge in [0.25, 0.3) is 5.91 Å². The molecule has 1 aliphatic heterocycles. The standard InChI is InChI=1S/C42H66N4O4/c1-7-9-11-22-35(23-12-10-13-26-39(48)49)30-36-24-17-21-34(5)41(36)43-38(47)31-46(6,8-2)29-18-28-45-27-15-14-25-37(45)42(50)44-40-32(3)19-16-20-33(40)4/h16-17,19-21,24,35,37H,7-15,18,22-23,25-31H2,1-6H3,(H2-,43,44,47,48,49,50)/p+1/t35?,37-,46?/m1/s1. The van der Waals surface area contributed by atoms with Crippen LogP contribution in [0.15, 0.2) is 36.4 Å². The number of nitrogens with one attached hydrogen (secondary N) is 2. The van der Waals surface area contributed by atoms with Gasteiger partial charge >= 0.3 is 5.97 Å². The maximum Gasteiger partial charge on any atom is 0.303 e. The average molecular weight is 692 g/mol. The van der Waals surface area contributed by atoms with Crippen LogP contribution >= 0.6 is 0 Å². The number of unbranched alkanes of at least 4 members (excludes halogenated alkanes) is 4. The third kappa shape index (κ3) is 13.5. The number of hydrogen-bond acceptors (Lipinski definition) is 4. The Hall–Kier alpha value is -3.23. The largest absolute Gasteiger partial charge is 0.481 e. The van der Waals surface area contributed by atoms with Crippen molar-refractivity contribution in [3.05, 3.63) is 58.7 Å². The van der Waals surface area contributed by atoms with Crippen molar-refractivity contribution in [2.45, 2.75) is 131 Å². The van der Waals surface area contributed by atoms with Gasteiger partial charge in [-0.1, -0.05) is 94.7 Å². The lowest BCUT2D eigenvalue weighted by Crippen LogP contribution is -2.51. The minimum atomic E-state index is -0.716. The van der Waals surface area contributed by atoms with Crippen LogP contribution in [0, 0.1) is 26.7 Å². The first kappa shape index (κ1) is 41.2. The first-order valence-electron chi connectivity index (χ1n) is 19.5. The molecule has 0 radical (unpaired) electrons. The zero-order chi connectivity index (χ0) is 36.5. The van der Waals surface area contributed by atoms with E-state index in [-0.39, 0.29) is 24.3 Å². The number of anilines is 2. The molecule has 3 atom stereocenters. The van der Waals surface area contributed by atoms with Gasteiger partial charge in [0.15, 0.2) is 6.54 Å². The van der Waals surface area contributed by atoms with Crippen LogP contribution in [0.2, 0.25) is 0 Å². The van der Waals surface area contributed by atoms with Crippen LogP contribution < -0.4 is 10.6 Å². The number of rotatable bonds is 22. The Morgan fingerprint density at radius 2 is 1.52 bits per heavy atom. The number of piperidine rings is 1. The van der Waals surface area contributed by atoms with Crippen LogP contribution in [0.25, 0.3) is 0 Å². The van der Waals surface area contributed by atoms with Crippen molar-refractivity contribution in [3.8, 4) is 0 Å². The normalized spacial score (nSPS) is 16.8. The van der Waals surface area contributed by atoms with Crippen molar-refractivity contribution < 1.29 is 24.0 Å². The van der Waals surface area contributed by atoms with Crippen LogP contribution in [-0.2, 0) is 20.8 Å². The second-order valence-electron chi connectivity index (χ2n) is 15.2. The van der Waals surface area contributed by atoms with Gasteiger partial charge in [-0.05, 0) is 88.1 Å². The third-order valence-electron chi connectivity index (χ3n) is 10.9. The summed E-state index contributed by atoms with van der Waals surface area (Å²) in [7, 11) is 2.17. The number of hydrogen-bond donors (Lipinski definition) is 3. The average Bonchev–Trinajstić information content (AvgIpc) is 3.07. The smallest absolute Gasteiger partial charge is 0.303 e. The van der Waals surface area contributed by atoms with Gasteiger partial charge in [0.1, 0.15) is 0 Å². The van der Waals surface area contributed by atoms with E-state index in [2.05, 4.69) is 61.6 Å². The quantitative estimate of drug-likeness (QED) is 0.0848. The zero-order valence-electron chi connectivity index (χ0n) is 32.1. The molecule has 0 bridgehead atoms. The number of aryl methyl sites for hydroxylation is 3. The summed E-state index contributed by atoms with van der Waals surface area (Å²) in [6.45, 7) is 14.5. The number of quaternary nitrogens is 1. The minimum absolute atomic E-state index is 0.0462. The van der Waals surface area contributed by atoms with E-state index in [0.29, 0.717) is 16.9 Å². The van der Waals surface area contributed by atoms with Crippen molar-refractivity contribution in [3.63, 3.8) is 0 Å². The Morgan fingerprint density at radius 3 is 2.18 bits per heavy atom. The second kappa shape index (κ2) is 21.2. The first-order valence-corrected chi connectivity index (χ1v) is 19.5. The zero-order valence-corrected chi connectivity index (χ0v) is 32.1. The van der Waals surface area contributed by atoms with Gasteiger partial charge in [0.05, 0.1) is 26.2 Å². The summed E-state index contributed by atoms with van der Waals surface area (Å²) in [6, 6.07) is 12.3. The second-order valence-corrected chi connectivity index (χ2v) is 15.2. The molecule has 3 rings (SSSR count). The van der Waals surface area contributed by atoms with Crippen LogP contribution in [0.3, 0.4) is 0 Å². The molecule has 278 valence electrons. The van der Waals surface area contributed by atoms with Crippen molar-refractivity contribution in [2.24, 2.45) is 5.92 Å². The van der Waals surface area contributed by atoms with Crippen molar-refractivity contribution in [1.82, 2.24) is 4.90 Å². The summed E-state index contributed by atoms with van der Waals surface area (Å²) < 4.78 is 0.649. The molecule has 2 unspecified atom stereocenters. The summed E-state index contributed by atoms with van der Waals surface area (Å²) in [5.74, 6) is -0.0623. The molecular weight excluding hydrogens is 624 g/mol. The van der Waals surface area contributed by atoms with E-state index < -0.39 is 5.97 Å². The maximum atomic E-state index is 13.7. The maximum absolute atomic E-state index is 13.7. The SMILES string of the molecule is CCCCCC(CCCCCC(=O)O)Cc1cccc(C)c1NC(=O)C[N+](C)(CC)CCCN1CCCC[C@@H]1C(=O)Nc1c(C)cccc1C. The number of para-hydroxylation sites is 2. The van der Waals surface area contributed by atoms with Gasteiger partial charge in [-0.25, -0.2) is 0 Å². The summed E-state index contributed by atoms with van der Waals surface area (Å²) in [6.07, 6.45) is 13.7. The summed E-state index contributed by atoms with van der Waals surface area (Å²) in [4.78, 5) is 40.5. The highest BCUT2D eigenvalue weighted by Gasteiger charge is 2.30. The molecule has 0 spiro atoms. The third-order valence-corrected chi connectivity index (χ3v) is 10.9. The molecule has 50 heavy (non-hydrogen) atoms. The Kier molecular flexibility index (Phi) is 17.5. The van der Waals surface area contributed by atoms with Gasteiger partial charge in [-0.3, -0.25) is 19.3 Å². The van der Waals surface area contributed by atoms with Gasteiger partial charge in [0.2, 0.25) is 5.91 Å². The number of carboxylic acid groups (broad SMARTS) is 1. The Balaban J connectivity index is 1.59. The van der Waals surface area contributed by atoms with E-state index in [1.54, 1.807) is 0 Å². The highest BCUT2D eigenvalue weighted by Crippen LogP contribution is 2.29. The number of carboxylic acids is 1. The molecule has 8 heteroatoms. The fourth-order valence-corrected chi connectivity index (χ4v) is 7.61. The number of amides is 2. The topological polar surface area (TPSA) is 98.7 Å². The van der Waals surface area contributed by atoms with Gasteiger partial charge in [-0.2, -0.15) is 0 Å². The van der Waals surface area contributed by atoms with Gasteiger partial charge < -0.3 is 20.2 Å². The van der Waals surface area contributed by atoms with E-state index >= 15 is 0 Å². The highest BCUT2D eigenvalue weighted by atomic mass is 16.4. The van der Waals surface area contributed by atoms with Gasteiger partial charge in [-0.15, -0.1) is 0 Å². The van der Waals surface area contributed by atoms with Crippen molar-refractivity contribution >= 4 is 29.2 Å². The molecule has 0 saturated carbocycles. The molecule has 1 fully saturated rings. The number of aliphatic carboxylic acids is 1. The van der Waals surface area contributed by atoms with E-state index in [4.69, 9.17) is 5.11 Å². The molecule has 1 aliphatic rings. The lowest BCUT2D eigenvalue weighted by Gasteiger charge is -2.37. The Bertz CT molecular complexity index is 1360. The highest BCUT2D eigenvalue weighted by molar-refractivity contribution is 5.96. The molecule has 1 saturated heterocycles. The molecule has 0 aliphatic carbocycles. The molecule has 2 aromatic rings. The van der Waals surface area contributed by atoms with Crippen LogP contribution in [0.5, 0.6) is 0 Å². The number of likely N-dealkylation sites (tertiary alicyclic amines) is 1. The summed E-state index contributed by atoms with van der Waals surface area (Å²) >= 11 is 0. The Morgan fingerprint density at radius 1 is 0.860 bits per heavy atom. The number of carbonyl (C=O) groups excluding carboxylic acids is 2. The number of likely N-dealkylation sites (N-methyl/N-ethyl adjacent to an activating group) is 1. The van der Waals surface area contributed by atoms with Crippen LogP contribution in [0.4, 0.5) is 11.4 Å². The molecule has 1 heterocycles. The molecule has 2 amide bonds. The van der Waals surface area contributed by atoms with Crippen LogP contribution in [-0.4, -0.2) is 78.1 Å². The van der Waals surface area contributed by atoms with E-state index in [1.165, 1.54) is 24.8 Å². The summed E-state index contributed by atoms with van der Waals surface area (Å²) in [5, 5.41) is 15.6. The van der Waals surface area contributed by atoms with E-state index in [9.17, 15) is 14.4 Å². The molecule has 0 aromatic heterocycles. The van der Waals surface area contributed by atoms with E-state index in [1.807, 2.05) is 32.0 Å². The molecule has 8 nitrogen and oxygen atoms in total. The minimum Gasteiger partial charge on any atom is -0.481 e. The monoisotopic (exact) mass is 692 g/mol. The lowest BCUT2D eigenvalue weighted by atomic mass is 9.88. The van der Waals surface area contributed by atoms with Crippen LogP contribution in [0.1, 0.15) is 120 Å². The molecule has 2 aromatic carbocycles. The lowest BCUT2D eigenvalue weighted by molar-refractivity contribution is -0.900. The predicted molar refractivity (Wildman–Crippen MR) is 207 cm³/mol. The molecule has 3 N–H and O–H groups in total. The number of nitrogens with zero attached hydrogens (tertiary/aromatic N) is 2. The number of carbonyl (C=O) groups is 3. The summed E-state index contributed by atoms with van der Waals surface area (Å²) in [5.41, 5.74) is 6.35. The Labute approximate surface area is 303 Å². The van der Waals surface area contributed by atoms with E-state index in [0.717, 1.165) is 118 Å². The van der Waals surface area contributed by atoms with Crippen molar-refractivity contribution in [1.29, 1.82) is 0 Å². The number of benzene rings is 2. The fourth-order valence-electron chi connectivity index (χ4n) is 7.61.